The van der Waals surface area contributed by atoms with E-state index in [1.54, 1.807) is 4.90 Å². The van der Waals surface area contributed by atoms with E-state index in [9.17, 15) is 9.90 Å². The van der Waals surface area contributed by atoms with Gasteiger partial charge < -0.3 is 24.6 Å². The number of benzene rings is 2. The second kappa shape index (κ2) is 8.89. The molecular weight excluding hydrogens is 403 g/mol. The van der Waals surface area contributed by atoms with Crippen molar-refractivity contribution in [1.29, 1.82) is 0 Å². The molecule has 170 valence electrons. The van der Waals surface area contributed by atoms with E-state index in [4.69, 9.17) is 9.31 Å². The van der Waals surface area contributed by atoms with Gasteiger partial charge in [0.05, 0.1) is 17.2 Å². The molecule has 6 nitrogen and oxygen atoms in total. The Morgan fingerprint density at radius 1 is 1.09 bits per heavy atom. The van der Waals surface area contributed by atoms with Gasteiger partial charge in [-0.15, -0.1) is 0 Å². The van der Waals surface area contributed by atoms with Crippen molar-refractivity contribution in [1.82, 2.24) is 10.2 Å². The zero-order chi connectivity index (χ0) is 22.9. The van der Waals surface area contributed by atoms with Gasteiger partial charge in [-0.05, 0) is 62.7 Å². The maximum absolute atomic E-state index is 11.8. The van der Waals surface area contributed by atoms with Gasteiger partial charge >= 0.3 is 13.2 Å². The smallest absolute Gasteiger partial charge is 0.465 e. The Kier molecular flexibility index (Phi) is 6.34. The molecule has 7 heteroatoms. The number of rotatable bonds is 5. The van der Waals surface area contributed by atoms with E-state index >= 15 is 0 Å². The number of nitrogens with zero attached hydrogens (tertiary/aromatic N) is 1. The molecule has 2 fully saturated rings. The second-order valence-corrected chi connectivity index (χ2v) is 9.82. The van der Waals surface area contributed by atoms with Crippen LogP contribution < -0.4 is 10.8 Å². The predicted molar refractivity (Wildman–Crippen MR) is 126 cm³/mol. The van der Waals surface area contributed by atoms with E-state index in [-0.39, 0.29) is 6.04 Å². The number of carbonyl (C=O) groups is 1. The molecule has 1 amide bonds. The maximum atomic E-state index is 11.8. The number of carboxylic acid groups (broad SMARTS) is 1. The van der Waals surface area contributed by atoms with Crippen LogP contribution >= 0.6 is 0 Å². The quantitative estimate of drug-likeness (QED) is 0.706. The highest BCUT2D eigenvalue weighted by molar-refractivity contribution is 6.62. The zero-order valence-corrected chi connectivity index (χ0v) is 19.4. The Balaban J connectivity index is 1.66. The van der Waals surface area contributed by atoms with E-state index in [1.807, 2.05) is 6.07 Å². The van der Waals surface area contributed by atoms with Crippen LogP contribution in [0, 0.1) is 0 Å². The largest absolute Gasteiger partial charge is 0.495 e. The fourth-order valence-corrected chi connectivity index (χ4v) is 4.41. The van der Waals surface area contributed by atoms with Gasteiger partial charge in [0.25, 0.3) is 0 Å². The van der Waals surface area contributed by atoms with Crippen molar-refractivity contribution in [2.45, 2.75) is 57.8 Å². The number of hydrogen-bond donors (Lipinski definition) is 2. The van der Waals surface area contributed by atoms with Crippen LogP contribution in [0.25, 0.3) is 0 Å². The molecule has 1 unspecified atom stereocenters. The molecule has 2 heterocycles. The fourth-order valence-electron chi connectivity index (χ4n) is 4.41. The summed E-state index contributed by atoms with van der Waals surface area (Å²) in [6.45, 7) is 10.0. The summed E-state index contributed by atoms with van der Waals surface area (Å²) in [5.41, 5.74) is 3.61. The highest BCUT2D eigenvalue weighted by Crippen LogP contribution is 2.37. The first-order chi connectivity index (χ1) is 15.2. The van der Waals surface area contributed by atoms with Crippen molar-refractivity contribution < 1.29 is 19.2 Å². The third-order valence-electron chi connectivity index (χ3n) is 7.02. The van der Waals surface area contributed by atoms with Crippen molar-refractivity contribution in [3.05, 3.63) is 65.2 Å². The minimum atomic E-state index is -0.866. The van der Waals surface area contributed by atoms with E-state index < -0.39 is 24.4 Å². The first kappa shape index (κ1) is 22.8. The van der Waals surface area contributed by atoms with E-state index in [0.29, 0.717) is 26.1 Å². The van der Waals surface area contributed by atoms with Crippen LogP contribution in [0.15, 0.2) is 48.5 Å². The van der Waals surface area contributed by atoms with Crippen LogP contribution in [0.3, 0.4) is 0 Å². The lowest BCUT2D eigenvalue weighted by atomic mass is 9.73. The van der Waals surface area contributed by atoms with Crippen molar-refractivity contribution in [2.75, 3.05) is 19.6 Å². The Labute approximate surface area is 191 Å². The minimum Gasteiger partial charge on any atom is -0.465 e. The third-order valence-corrected chi connectivity index (χ3v) is 7.02. The summed E-state index contributed by atoms with van der Waals surface area (Å²) in [4.78, 5) is 13.3. The third kappa shape index (κ3) is 4.70. The van der Waals surface area contributed by atoms with Crippen molar-refractivity contribution in [3.8, 4) is 0 Å². The minimum absolute atomic E-state index is 0.123. The molecule has 2 aliphatic rings. The Hall–Kier alpha value is -2.35. The lowest BCUT2D eigenvalue weighted by Crippen LogP contribution is -2.54. The topological polar surface area (TPSA) is 71.0 Å². The summed E-state index contributed by atoms with van der Waals surface area (Å²) >= 11 is 0. The summed E-state index contributed by atoms with van der Waals surface area (Å²) in [6.07, 6.45) is 0.568. The van der Waals surface area contributed by atoms with Crippen molar-refractivity contribution >= 4 is 18.7 Å². The number of piperazine rings is 1. The molecule has 0 saturated carbocycles. The standard InChI is InChI=1S/C25H33BN2O4/c1-24(2)25(3,4)32-26(31-24)22-15-19(14-18-8-6-5-7-9-18)10-11-20(22)16-21-17-27-12-13-28(21)23(29)30/h5-11,15,21,27H,12-14,16-17H2,1-4H3,(H,29,30). The molecular formula is C25H33BN2O4. The summed E-state index contributed by atoms with van der Waals surface area (Å²) in [5.74, 6) is 0. The van der Waals surface area contributed by atoms with Crippen LogP contribution in [0.4, 0.5) is 4.79 Å². The van der Waals surface area contributed by atoms with Crippen molar-refractivity contribution in [2.24, 2.45) is 0 Å². The SMILES string of the molecule is CC1(C)OB(c2cc(Cc3ccccc3)ccc2CC2CNCCN2C(=O)O)OC1(C)C. The lowest BCUT2D eigenvalue weighted by Gasteiger charge is -2.34. The molecule has 32 heavy (non-hydrogen) atoms. The molecule has 0 radical (unpaired) electrons. The molecule has 2 saturated heterocycles. The zero-order valence-electron chi connectivity index (χ0n) is 19.4. The van der Waals surface area contributed by atoms with Gasteiger partial charge in [0, 0.05) is 19.6 Å². The molecule has 2 aromatic rings. The van der Waals surface area contributed by atoms with Crippen LogP contribution in [0.1, 0.15) is 44.4 Å². The molecule has 2 aliphatic heterocycles. The van der Waals surface area contributed by atoms with E-state index in [2.05, 4.69) is 75.5 Å². The average molecular weight is 436 g/mol. The highest BCUT2D eigenvalue weighted by atomic mass is 16.7. The molecule has 2 aromatic carbocycles. The van der Waals surface area contributed by atoms with Crippen LogP contribution in [-0.2, 0) is 22.2 Å². The first-order valence-corrected chi connectivity index (χ1v) is 11.4. The fraction of sp³-hybridized carbons (Fsp3) is 0.480. The summed E-state index contributed by atoms with van der Waals surface area (Å²) in [7, 11) is -0.486. The highest BCUT2D eigenvalue weighted by Gasteiger charge is 2.52. The molecule has 4 rings (SSSR count). The summed E-state index contributed by atoms with van der Waals surface area (Å²) in [5, 5.41) is 13.0. The number of nitrogens with one attached hydrogen (secondary N) is 1. The molecule has 0 aromatic heterocycles. The van der Waals surface area contributed by atoms with Gasteiger partial charge in [0.1, 0.15) is 0 Å². The molecule has 1 atom stereocenters. The monoisotopic (exact) mass is 436 g/mol. The second-order valence-electron chi connectivity index (χ2n) is 9.82. The average Bonchev–Trinajstić information content (AvgIpc) is 2.97. The number of hydrogen-bond acceptors (Lipinski definition) is 4. The van der Waals surface area contributed by atoms with Crippen LogP contribution in [0.5, 0.6) is 0 Å². The van der Waals surface area contributed by atoms with Crippen LogP contribution in [0.2, 0.25) is 0 Å². The predicted octanol–water partition coefficient (Wildman–Crippen LogP) is 3.07. The van der Waals surface area contributed by atoms with E-state index in [1.165, 1.54) is 11.1 Å². The first-order valence-electron chi connectivity index (χ1n) is 11.4. The Morgan fingerprint density at radius 3 is 2.44 bits per heavy atom. The Morgan fingerprint density at radius 2 is 1.78 bits per heavy atom. The van der Waals surface area contributed by atoms with Gasteiger partial charge in [-0.1, -0.05) is 48.5 Å². The van der Waals surface area contributed by atoms with Crippen molar-refractivity contribution in [3.63, 3.8) is 0 Å². The Bertz CT molecular complexity index is 948. The van der Waals surface area contributed by atoms with E-state index in [0.717, 1.165) is 17.4 Å². The normalized spacial score (nSPS) is 22.2. The van der Waals surface area contributed by atoms with Gasteiger partial charge in [0.2, 0.25) is 0 Å². The van der Waals surface area contributed by atoms with Gasteiger partial charge in [-0.25, -0.2) is 4.79 Å². The summed E-state index contributed by atoms with van der Waals surface area (Å²) in [6, 6.07) is 16.7. The van der Waals surface area contributed by atoms with Crippen LogP contribution in [-0.4, -0.2) is 60.1 Å². The van der Waals surface area contributed by atoms with Gasteiger partial charge in [0.15, 0.2) is 0 Å². The molecule has 0 bridgehead atoms. The summed E-state index contributed by atoms with van der Waals surface area (Å²) < 4.78 is 12.8. The molecule has 2 N–H and O–H groups in total. The molecule has 0 spiro atoms. The molecule has 0 aliphatic carbocycles. The van der Waals surface area contributed by atoms with Gasteiger partial charge in [-0.2, -0.15) is 0 Å². The number of amides is 1. The maximum Gasteiger partial charge on any atom is 0.495 e. The van der Waals surface area contributed by atoms with Gasteiger partial charge in [-0.3, -0.25) is 0 Å². The lowest BCUT2D eigenvalue weighted by molar-refractivity contribution is 0.00578.